The van der Waals surface area contributed by atoms with E-state index in [0.717, 1.165) is 5.56 Å². The van der Waals surface area contributed by atoms with E-state index in [-0.39, 0.29) is 18.9 Å². The van der Waals surface area contributed by atoms with Crippen molar-refractivity contribution in [2.24, 2.45) is 0 Å². The Morgan fingerprint density at radius 3 is 2.68 bits per heavy atom. The van der Waals surface area contributed by atoms with Crippen LogP contribution in [-0.4, -0.2) is 25.8 Å². The highest BCUT2D eigenvalue weighted by molar-refractivity contribution is 5.70. The number of carbonyl (C=O) groups is 3. The SMILES string of the molecule is COC(=O)CCc1cccc(C(C)(C=O)OC=O)c1. The van der Waals surface area contributed by atoms with Gasteiger partial charge in [-0.3, -0.25) is 14.4 Å². The van der Waals surface area contributed by atoms with E-state index in [4.69, 9.17) is 4.74 Å². The zero-order chi connectivity index (χ0) is 14.3. The summed E-state index contributed by atoms with van der Waals surface area (Å²) in [5.74, 6) is -0.298. The maximum Gasteiger partial charge on any atom is 0.305 e. The van der Waals surface area contributed by atoms with Crippen molar-refractivity contribution in [2.75, 3.05) is 7.11 Å². The van der Waals surface area contributed by atoms with Crippen LogP contribution in [0.5, 0.6) is 0 Å². The van der Waals surface area contributed by atoms with Gasteiger partial charge < -0.3 is 9.47 Å². The molecule has 0 aliphatic heterocycles. The van der Waals surface area contributed by atoms with E-state index in [0.29, 0.717) is 18.3 Å². The molecular formula is C14H16O5. The summed E-state index contributed by atoms with van der Waals surface area (Å²) in [6.07, 6.45) is 1.32. The van der Waals surface area contributed by atoms with Gasteiger partial charge in [-0.2, -0.15) is 0 Å². The van der Waals surface area contributed by atoms with Gasteiger partial charge in [0.25, 0.3) is 6.47 Å². The van der Waals surface area contributed by atoms with Crippen molar-refractivity contribution in [1.29, 1.82) is 0 Å². The van der Waals surface area contributed by atoms with E-state index in [2.05, 4.69) is 4.74 Å². The van der Waals surface area contributed by atoms with Crippen LogP contribution in [-0.2, 0) is 35.9 Å². The number of hydrogen-bond acceptors (Lipinski definition) is 5. The van der Waals surface area contributed by atoms with Crippen molar-refractivity contribution in [1.82, 2.24) is 0 Å². The highest BCUT2D eigenvalue weighted by Crippen LogP contribution is 2.23. The molecule has 0 heterocycles. The molecule has 19 heavy (non-hydrogen) atoms. The van der Waals surface area contributed by atoms with E-state index in [1.165, 1.54) is 14.0 Å². The van der Waals surface area contributed by atoms with Crippen LogP contribution >= 0.6 is 0 Å². The van der Waals surface area contributed by atoms with Gasteiger partial charge >= 0.3 is 5.97 Å². The first-order valence-electron chi connectivity index (χ1n) is 5.79. The van der Waals surface area contributed by atoms with Crippen LogP contribution in [0.3, 0.4) is 0 Å². The predicted molar refractivity (Wildman–Crippen MR) is 67.3 cm³/mol. The van der Waals surface area contributed by atoms with Crippen molar-refractivity contribution < 1.29 is 23.9 Å². The van der Waals surface area contributed by atoms with Crippen LogP contribution in [0.2, 0.25) is 0 Å². The summed E-state index contributed by atoms with van der Waals surface area (Å²) in [4.78, 5) is 32.6. The lowest BCUT2D eigenvalue weighted by Gasteiger charge is -2.21. The van der Waals surface area contributed by atoms with Gasteiger partial charge in [-0.15, -0.1) is 0 Å². The molecule has 0 aliphatic rings. The average molecular weight is 264 g/mol. The number of aldehydes is 1. The molecule has 1 atom stereocenters. The smallest absolute Gasteiger partial charge is 0.305 e. The molecule has 5 heteroatoms. The molecular weight excluding hydrogens is 248 g/mol. The molecule has 0 amide bonds. The molecule has 1 aromatic carbocycles. The molecule has 0 bridgehead atoms. The summed E-state index contributed by atoms with van der Waals surface area (Å²) in [7, 11) is 1.33. The molecule has 0 aliphatic carbocycles. The van der Waals surface area contributed by atoms with Crippen LogP contribution in [0.25, 0.3) is 0 Å². The second kappa shape index (κ2) is 6.68. The fraction of sp³-hybridized carbons (Fsp3) is 0.357. The summed E-state index contributed by atoms with van der Waals surface area (Å²) in [6, 6.07) is 7.01. The molecule has 0 N–H and O–H groups in total. The van der Waals surface area contributed by atoms with E-state index in [1.54, 1.807) is 18.2 Å². The van der Waals surface area contributed by atoms with Crippen LogP contribution < -0.4 is 0 Å². The largest absolute Gasteiger partial charge is 0.469 e. The number of hydrogen-bond donors (Lipinski definition) is 0. The molecule has 0 saturated carbocycles. The van der Waals surface area contributed by atoms with E-state index in [1.807, 2.05) is 6.07 Å². The predicted octanol–water partition coefficient (Wildman–Crippen LogP) is 1.38. The van der Waals surface area contributed by atoms with Gasteiger partial charge in [0.15, 0.2) is 11.9 Å². The fourth-order valence-corrected chi connectivity index (χ4v) is 1.65. The third-order valence-electron chi connectivity index (χ3n) is 2.86. The van der Waals surface area contributed by atoms with Gasteiger partial charge in [0, 0.05) is 12.0 Å². The number of benzene rings is 1. The molecule has 5 nitrogen and oxygen atoms in total. The van der Waals surface area contributed by atoms with Gasteiger partial charge in [0.05, 0.1) is 7.11 Å². The Bertz CT molecular complexity index is 469. The van der Waals surface area contributed by atoms with Crippen LogP contribution in [0, 0.1) is 0 Å². The maximum absolute atomic E-state index is 11.1. The summed E-state index contributed by atoms with van der Waals surface area (Å²) < 4.78 is 9.39. The van der Waals surface area contributed by atoms with Crippen LogP contribution in [0.15, 0.2) is 24.3 Å². The Morgan fingerprint density at radius 2 is 2.11 bits per heavy atom. The van der Waals surface area contributed by atoms with E-state index >= 15 is 0 Å². The molecule has 0 saturated heterocycles. The zero-order valence-electron chi connectivity index (χ0n) is 10.9. The second-order valence-electron chi connectivity index (χ2n) is 4.22. The minimum atomic E-state index is -1.30. The number of carbonyl (C=O) groups excluding carboxylic acids is 3. The van der Waals surface area contributed by atoms with Gasteiger partial charge in [0.1, 0.15) is 0 Å². The number of rotatable bonds is 7. The maximum atomic E-state index is 11.1. The first-order chi connectivity index (χ1) is 9.05. The molecule has 1 rings (SSSR count). The zero-order valence-corrected chi connectivity index (χ0v) is 10.9. The Morgan fingerprint density at radius 1 is 1.37 bits per heavy atom. The molecule has 102 valence electrons. The Kier molecular flexibility index (Phi) is 5.23. The third-order valence-corrected chi connectivity index (χ3v) is 2.86. The second-order valence-corrected chi connectivity index (χ2v) is 4.22. The van der Waals surface area contributed by atoms with Crippen molar-refractivity contribution in [2.45, 2.75) is 25.4 Å². The first kappa shape index (κ1) is 14.9. The van der Waals surface area contributed by atoms with Crippen molar-refractivity contribution >= 4 is 18.7 Å². The Hall–Kier alpha value is -2.17. The number of esters is 1. The van der Waals surface area contributed by atoms with Crippen molar-refractivity contribution in [3.8, 4) is 0 Å². The lowest BCUT2D eigenvalue weighted by molar-refractivity contribution is -0.149. The molecule has 0 radical (unpaired) electrons. The average Bonchev–Trinajstić information content (AvgIpc) is 2.45. The number of aryl methyl sites for hydroxylation is 1. The number of ether oxygens (including phenoxy) is 2. The molecule has 0 spiro atoms. The molecule has 1 unspecified atom stereocenters. The Balaban J connectivity index is 2.89. The molecule has 0 aromatic heterocycles. The first-order valence-corrected chi connectivity index (χ1v) is 5.79. The summed E-state index contributed by atoms with van der Waals surface area (Å²) >= 11 is 0. The lowest BCUT2D eigenvalue weighted by Crippen LogP contribution is -2.27. The van der Waals surface area contributed by atoms with Crippen LogP contribution in [0.4, 0.5) is 0 Å². The fourth-order valence-electron chi connectivity index (χ4n) is 1.65. The number of methoxy groups -OCH3 is 1. The van der Waals surface area contributed by atoms with Gasteiger partial charge in [-0.05, 0) is 18.9 Å². The van der Waals surface area contributed by atoms with E-state index < -0.39 is 5.60 Å². The Labute approximate surface area is 111 Å². The topological polar surface area (TPSA) is 69.7 Å². The normalized spacial score (nSPS) is 13.2. The monoisotopic (exact) mass is 264 g/mol. The summed E-state index contributed by atoms with van der Waals surface area (Å²) in [6.45, 7) is 1.75. The molecule has 0 fully saturated rings. The molecule has 1 aromatic rings. The van der Waals surface area contributed by atoms with Gasteiger partial charge in [-0.1, -0.05) is 24.3 Å². The quantitative estimate of drug-likeness (QED) is 0.549. The van der Waals surface area contributed by atoms with Crippen molar-refractivity contribution in [3.05, 3.63) is 35.4 Å². The highest BCUT2D eigenvalue weighted by atomic mass is 16.5. The van der Waals surface area contributed by atoms with Gasteiger partial charge in [0.2, 0.25) is 0 Å². The highest BCUT2D eigenvalue weighted by Gasteiger charge is 2.27. The van der Waals surface area contributed by atoms with Crippen molar-refractivity contribution in [3.63, 3.8) is 0 Å². The standard InChI is InChI=1S/C14H16O5/c1-14(9-15,19-10-16)12-5-3-4-11(8-12)6-7-13(17)18-2/h3-5,8-10H,6-7H2,1-2H3. The lowest BCUT2D eigenvalue weighted by atomic mass is 9.94. The minimum Gasteiger partial charge on any atom is -0.469 e. The summed E-state index contributed by atoms with van der Waals surface area (Å²) in [5.41, 5.74) is 0.130. The third kappa shape index (κ3) is 3.91. The van der Waals surface area contributed by atoms with Gasteiger partial charge in [-0.25, -0.2) is 0 Å². The van der Waals surface area contributed by atoms with E-state index in [9.17, 15) is 14.4 Å². The summed E-state index contributed by atoms with van der Waals surface area (Å²) in [5, 5.41) is 0. The minimum absolute atomic E-state index is 0.246. The van der Waals surface area contributed by atoms with Crippen LogP contribution in [0.1, 0.15) is 24.5 Å².